The minimum Gasteiger partial charge on any atom is -0.484 e. The number of hydrogen-bond acceptors (Lipinski definition) is 4. The number of ether oxygens (including phenoxy) is 1. The summed E-state index contributed by atoms with van der Waals surface area (Å²) in [6, 6.07) is 7.62. The SMILES string of the molecule is O=C(CCC(=O)N1CCc2sccc2C1)Nc1ccc(OCC(F)(F)F)cc1. The van der Waals surface area contributed by atoms with E-state index in [0.29, 0.717) is 18.8 Å². The van der Waals surface area contributed by atoms with E-state index in [1.165, 1.54) is 34.7 Å². The van der Waals surface area contributed by atoms with E-state index in [4.69, 9.17) is 0 Å². The normalized spacial score (nSPS) is 13.8. The van der Waals surface area contributed by atoms with Gasteiger partial charge >= 0.3 is 6.18 Å². The molecule has 1 N–H and O–H groups in total. The molecule has 1 aromatic heterocycles. The number of halogens is 3. The molecule has 0 spiro atoms. The fourth-order valence-corrected chi connectivity index (χ4v) is 3.75. The van der Waals surface area contributed by atoms with Crippen molar-refractivity contribution < 1.29 is 27.5 Å². The Labute approximate surface area is 164 Å². The van der Waals surface area contributed by atoms with Crippen molar-refractivity contribution in [2.75, 3.05) is 18.5 Å². The predicted molar refractivity (Wildman–Crippen MR) is 99.3 cm³/mol. The Balaban J connectivity index is 1.42. The molecule has 5 nitrogen and oxygen atoms in total. The van der Waals surface area contributed by atoms with E-state index in [2.05, 4.69) is 10.1 Å². The highest BCUT2D eigenvalue weighted by Gasteiger charge is 2.28. The van der Waals surface area contributed by atoms with Gasteiger partial charge in [0.1, 0.15) is 5.75 Å². The molecule has 0 fully saturated rings. The molecular formula is C19H19F3N2O3S. The molecule has 1 aromatic carbocycles. The largest absolute Gasteiger partial charge is 0.484 e. The van der Waals surface area contributed by atoms with Crippen molar-refractivity contribution in [1.82, 2.24) is 4.90 Å². The van der Waals surface area contributed by atoms with Gasteiger partial charge in [0.2, 0.25) is 11.8 Å². The van der Waals surface area contributed by atoms with Crippen molar-refractivity contribution in [2.24, 2.45) is 0 Å². The monoisotopic (exact) mass is 412 g/mol. The van der Waals surface area contributed by atoms with Gasteiger partial charge in [0.15, 0.2) is 6.61 Å². The summed E-state index contributed by atoms with van der Waals surface area (Å²) in [4.78, 5) is 27.4. The summed E-state index contributed by atoms with van der Waals surface area (Å²) in [5, 5.41) is 4.64. The molecule has 0 unspecified atom stereocenters. The first kappa shape index (κ1) is 20.2. The van der Waals surface area contributed by atoms with Crippen LogP contribution in [0.25, 0.3) is 0 Å². The number of carbonyl (C=O) groups is 2. The standard InChI is InChI=1S/C19H19F3N2O3S/c20-19(21,22)12-27-15-3-1-14(2-4-15)23-17(25)5-6-18(26)24-9-7-16-13(11-24)8-10-28-16/h1-4,8,10H,5-7,9,11-12H2,(H,23,25). The molecule has 0 bridgehead atoms. The number of amides is 2. The third-order valence-corrected chi connectivity index (χ3v) is 5.29. The van der Waals surface area contributed by atoms with Gasteiger partial charge in [-0.3, -0.25) is 9.59 Å². The van der Waals surface area contributed by atoms with Crippen molar-refractivity contribution in [1.29, 1.82) is 0 Å². The lowest BCUT2D eigenvalue weighted by Gasteiger charge is -2.27. The summed E-state index contributed by atoms with van der Waals surface area (Å²) >= 11 is 1.70. The molecule has 2 heterocycles. The van der Waals surface area contributed by atoms with Gasteiger partial charge in [-0.05, 0) is 47.7 Å². The van der Waals surface area contributed by atoms with Gasteiger partial charge in [-0.2, -0.15) is 13.2 Å². The van der Waals surface area contributed by atoms with Crippen LogP contribution in [0, 0.1) is 0 Å². The number of thiophene rings is 1. The summed E-state index contributed by atoms with van der Waals surface area (Å²) in [7, 11) is 0. The van der Waals surface area contributed by atoms with Gasteiger partial charge in [-0.15, -0.1) is 11.3 Å². The van der Waals surface area contributed by atoms with Crippen molar-refractivity contribution in [2.45, 2.75) is 32.0 Å². The molecule has 0 atom stereocenters. The smallest absolute Gasteiger partial charge is 0.422 e. The zero-order valence-corrected chi connectivity index (χ0v) is 15.7. The fraction of sp³-hybridized carbons (Fsp3) is 0.368. The molecule has 0 saturated carbocycles. The lowest BCUT2D eigenvalue weighted by atomic mass is 10.1. The molecule has 28 heavy (non-hydrogen) atoms. The second kappa shape index (κ2) is 8.64. The highest BCUT2D eigenvalue weighted by molar-refractivity contribution is 7.10. The average Bonchev–Trinajstić information content (AvgIpc) is 3.12. The molecule has 0 saturated heterocycles. The number of fused-ring (bicyclic) bond motifs is 1. The zero-order valence-electron chi connectivity index (χ0n) is 14.9. The van der Waals surface area contributed by atoms with Gasteiger partial charge in [-0.25, -0.2) is 0 Å². The van der Waals surface area contributed by atoms with Gasteiger partial charge in [0, 0.05) is 36.5 Å². The predicted octanol–water partition coefficient (Wildman–Crippen LogP) is 3.99. The van der Waals surface area contributed by atoms with Crippen molar-refractivity contribution in [3.8, 4) is 5.75 Å². The van der Waals surface area contributed by atoms with Gasteiger partial charge in [0.05, 0.1) is 0 Å². The van der Waals surface area contributed by atoms with Crippen LogP contribution in [-0.4, -0.2) is 36.0 Å². The number of alkyl halides is 3. The van der Waals surface area contributed by atoms with E-state index in [1.807, 2.05) is 11.4 Å². The Bertz CT molecular complexity index is 834. The van der Waals surface area contributed by atoms with Gasteiger partial charge < -0.3 is 15.0 Å². The highest BCUT2D eigenvalue weighted by atomic mass is 32.1. The van der Waals surface area contributed by atoms with Crippen molar-refractivity contribution >= 4 is 28.8 Å². The van der Waals surface area contributed by atoms with Gasteiger partial charge in [0.25, 0.3) is 0 Å². The fourth-order valence-electron chi connectivity index (χ4n) is 2.86. The molecule has 150 valence electrons. The third-order valence-electron chi connectivity index (χ3n) is 4.27. The van der Waals surface area contributed by atoms with Crippen LogP contribution in [0.5, 0.6) is 5.75 Å². The minimum absolute atomic E-state index is 0.0398. The van der Waals surface area contributed by atoms with Crippen molar-refractivity contribution in [3.05, 3.63) is 46.2 Å². The third kappa shape index (κ3) is 5.72. The lowest BCUT2D eigenvalue weighted by molar-refractivity contribution is -0.153. The lowest BCUT2D eigenvalue weighted by Crippen LogP contribution is -2.35. The molecule has 2 amide bonds. The van der Waals surface area contributed by atoms with Crippen molar-refractivity contribution in [3.63, 3.8) is 0 Å². The Hall–Kier alpha value is -2.55. The van der Waals surface area contributed by atoms with E-state index in [9.17, 15) is 22.8 Å². The first-order valence-corrected chi connectivity index (χ1v) is 9.60. The topological polar surface area (TPSA) is 58.6 Å². The molecule has 1 aliphatic rings. The summed E-state index contributed by atoms with van der Waals surface area (Å²) < 4.78 is 41.0. The Morgan fingerprint density at radius 3 is 2.61 bits per heavy atom. The number of anilines is 1. The summed E-state index contributed by atoms with van der Waals surface area (Å²) in [5.41, 5.74) is 1.60. The van der Waals surface area contributed by atoms with E-state index in [-0.39, 0.29) is 30.4 Å². The first-order chi connectivity index (χ1) is 13.3. The van der Waals surface area contributed by atoms with Crippen LogP contribution in [0.2, 0.25) is 0 Å². The molecule has 1 aliphatic heterocycles. The number of nitrogens with zero attached hydrogens (tertiary/aromatic N) is 1. The second-order valence-corrected chi connectivity index (χ2v) is 7.41. The van der Waals surface area contributed by atoms with E-state index < -0.39 is 12.8 Å². The summed E-state index contributed by atoms with van der Waals surface area (Å²) in [6.45, 7) is -0.129. The molecule has 2 aromatic rings. The number of rotatable bonds is 6. The average molecular weight is 412 g/mol. The number of carbonyl (C=O) groups excluding carboxylic acids is 2. The molecule has 9 heteroatoms. The maximum absolute atomic E-state index is 12.3. The molecule has 0 radical (unpaired) electrons. The summed E-state index contributed by atoms with van der Waals surface area (Å²) in [6.07, 6.45) is -3.41. The van der Waals surface area contributed by atoms with E-state index in [1.54, 1.807) is 16.2 Å². The highest BCUT2D eigenvalue weighted by Crippen LogP contribution is 2.24. The second-order valence-electron chi connectivity index (χ2n) is 6.41. The van der Waals surface area contributed by atoms with Gasteiger partial charge in [-0.1, -0.05) is 0 Å². The van der Waals surface area contributed by atoms with Crippen LogP contribution in [0.4, 0.5) is 18.9 Å². The molecular weight excluding hydrogens is 393 g/mol. The molecule has 3 rings (SSSR count). The first-order valence-electron chi connectivity index (χ1n) is 8.73. The molecule has 0 aliphatic carbocycles. The van der Waals surface area contributed by atoms with Crippen LogP contribution < -0.4 is 10.1 Å². The van der Waals surface area contributed by atoms with E-state index in [0.717, 1.165) is 6.42 Å². The Morgan fingerprint density at radius 1 is 1.14 bits per heavy atom. The van der Waals surface area contributed by atoms with Crippen LogP contribution in [0.1, 0.15) is 23.3 Å². The maximum atomic E-state index is 12.3. The Kier molecular flexibility index (Phi) is 6.23. The Morgan fingerprint density at radius 2 is 1.89 bits per heavy atom. The number of benzene rings is 1. The quantitative estimate of drug-likeness (QED) is 0.781. The number of hydrogen-bond donors (Lipinski definition) is 1. The number of nitrogens with one attached hydrogen (secondary N) is 1. The van der Waals surface area contributed by atoms with Crippen LogP contribution in [-0.2, 0) is 22.6 Å². The zero-order chi connectivity index (χ0) is 20.1. The van der Waals surface area contributed by atoms with Crippen LogP contribution in [0.15, 0.2) is 35.7 Å². The van der Waals surface area contributed by atoms with Crippen LogP contribution in [0.3, 0.4) is 0 Å². The van der Waals surface area contributed by atoms with E-state index >= 15 is 0 Å². The minimum atomic E-state index is -4.40. The van der Waals surface area contributed by atoms with Crippen LogP contribution >= 0.6 is 11.3 Å². The summed E-state index contributed by atoms with van der Waals surface area (Å²) in [5.74, 6) is -0.336. The maximum Gasteiger partial charge on any atom is 0.422 e.